The molecule has 2 heterocycles. The fourth-order valence-corrected chi connectivity index (χ4v) is 3.06. The fraction of sp³-hybridized carbons (Fsp3) is 0.353. The van der Waals surface area contributed by atoms with Gasteiger partial charge in [-0.05, 0) is 25.8 Å². The molecule has 1 aromatic carbocycles. The van der Waals surface area contributed by atoms with E-state index >= 15 is 0 Å². The van der Waals surface area contributed by atoms with Gasteiger partial charge in [0.2, 0.25) is 5.91 Å². The van der Waals surface area contributed by atoms with Crippen LogP contribution < -0.4 is 10.9 Å². The summed E-state index contributed by atoms with van der Waals surface area (Å²) in [5.41, 5.74) is 1.22. The third-order valence-electron chi connectivity index (χ3n) is 4.50. The Kier molecular flexibility index (Phi) is 3.01. The van der Waals surface area contributed by atoms with Crippen molar-refractivity contribution in [3.05, 3.63) is 40.8 Å². The molecule has 0 aliphatic heterocycles. The monoisotopic (exact) mass is 310 g/mol. The third kappa shape index (κ3) is 2.13. The number of hydrogen-bond acceptors (Lipinski definition) is 3. The van der Waals surface area contributed by atoms with E-state index in [9.17, 15) is 9.59 Å². The molecule has 2 aromatic heterocycles. The number of amides is 1. The van der Waals surface area contributed by atoms with E-state index in [0.29, 0.717) is 11.6 Å². The first-order valence-corrected chi connectivity index (χ1v) is 7.83. The summed E-state index contributed by atoms with van der Waals surface area (Å²) in [7, 11) is 1.62. The summed E-state index contributed by atoms with van der Waals surface area (Å²) in [4.78, 5) is 25.1. The van der Waals surface area contributed by atoms with Crippen molar-refractivity contribution in [2.24, 2.45) is 7.05 Å². The van der Waals surface area contributed by atoms with Gasteiger partial charge in [-0.2, -0.15) is 5.10 Å². The topological polar surface area (TPSA) is 68.9 Å². The summed E-state index contributed by atoms with van der Waals surface area (Å²) in [6.45, 7) is 1.84. The number of rotatable bonds is 3. The lowest BCUT2D eigenvalue weighted by Crippen LogP contribution is -2.33. The van der Waals surface area contributed by atoms with E-state index in [2.05, 4.69) is 10.4 Å². The Morgan fingerprint density at radius 1 is 1.30 bits per heavy atom. The first-order chi connectivity index (χ1) is 11.1. The van der Waals surface area contributed by atoms with Gasteiger partial charge in [-0.25, -0.2) is 4.68 Å². The quantitative estimate of drug-likeness (QED) is 0.801. The van der Waals surface area contributed by atoms with E-state index in [1.807, 2.05) is 35.8 Å². The summed E-state index contributed by atoms with van der Waals surface area (Å²) >= 11 is 0. The molecule has 0 unspecified atom stereocenters. The second-order valence-electron chi connectivity index (χ2n) is 6.18. The molecule has 3 aromatic rings. The number of aryl methyl sites for hydroxylation is 1. The summed E-state index contributed by atoms with van der Waals surface area (Å²) in [6, 6.07) is 7.59. The summed E-state index contributed by atoms with van der Waals surface area (Å²) in [5, 5.41) is 8.87. The van der Waals surface area contributed by atoms with Crippen molar-refractivity contribution in [2.45, 2.75) is 31.8 Å². The lowest BCUT2D eigenvalue weighted by Gasteiger charge is -2.16. The zero-order valence-electron chi connectivity index (χ0n) is 13.1. The van der Waals surface area contributed by atoms with Crippen LogP contribution >= 0.6 is 0 Å². The molecule has 1 aliphatic carbocycles. The maximum atomic E-state index is 12.6. The molecule has 1 atom stereocenters. The highest BCUT2D eigenvalue weighted by Gasteiger charge is 2.28. The minimum atomic E-state index is -0.451. The molecule has 1 aliphatic rings. The van der Waals surface area contributed by atoms with Crippen molar-refractivity contribution in [1.82, 2.24) is 19.7 Å². The van der Waals surface area contributed by atoms with Crippen LogP contribution in [0.3, 0.4) is 0 Å². The molecule has 1 N–H and O–H groups in total. The minimum absolute atomic E-state index is 0.0472. The van der Waals surface area contributed by atoms with Crippen LogP contribution in [0.4, 0.5) is 0 Å². The van der Waals surface area contributed by atoms with Gasteiger partial charge in [0, 0.05) is 23.9 Å². The highest BCUT2D eigenvalue weighted by Crippen LogP contribution is 2.30. The Bertz CT molecular complexity index is 981. The van der Waals surface area contributed by atoms with Gasteiger partial charge in [-0.1, -0.05) is 18.2 Å². The van der Waals surface area contributed by atoms with Crippen molar-refractivity contribution < 1.29 is 4.79 Å². The zero-order chi connectivity index (χ0) is 16.1. The van der Waals surface area contributed by atoms with Crippen molar-refractivity contribution >= 4 is 27.7 Å². The van der Waals surface area contributed by atoms with Crippen LogP contribution in [-0.2, 0) is 11.8 Å². The van der Waals surface area contributed by atoms with Crippen molar-refractivity contribution in [1.29, 1.82) is 0 Å². The average Bonchev–Trinajstić information content (AvgIpc) is 3.30. The normalized spacial score (nSPS) is 15.9. The maximum Gasteiger partial charge on any atom is 0.291 e. The van der Waals surface area contributed by atoms with Crippen LogP contribution in [0.25, 0.3) is 21.8 Å². The number of benzene rings is 1. The highest BCUT2D eigenvalue weighted by atomic mass is 16.2. The van der Waals surface area contributed by atoms with E-state index in [1.54, 1.807) is 13.2 Å². The minimum Gasteiger partial charge on any atom is -0.352 e. The smallest absolute Gasteiger partial charge is 0.291 e. The van der Waals surface area contributed by atoms with Crippen LogP contribution in [0.5, 0.6) is 0 Å². The van der Waals surface area contributed by atoms with Gasteiger partial charge in [-0.3, -0.25) is 9.59 Å². The molecule has 6 nitrogen and oxygen atoms in total. The van der Waals surface area contributed by atoms with E-state index < -0.39 is 6.04 Å². The zero-order valence-corrected chi connectivity index (χ0v) is 13.1. The van der Waals surface area contributed by atoms with Gasteiger partial charge in [0.1, 0.15) is 11.6 Å². The number of para-hydroxylation sites is 1. The Morgan fingerprint density at radius 2 is 2.04 bits per heavy atom. The Hall–Kier alpha value is -2.63. The Balaban J connectivity index is 2.00. The molecule has 0 spiro atoms. The lowest BCUT2D eigenvalue weighted by molar-refractivity contribution is -0.123. The van der Waals surface area contributed by atoms with E-state index in [0.717, 1.165) is 29.1 Å². The lowest BCUT2D eigenvalue weighted by atomic mass is 10.2. The number of nitrogens with zero attached hydrogens (tertiary/aromatic N) is 3. The highest BCUT2D eigenvalue weighted by molar-refractivity contribution is 6.08. The van der Waals surface area contributed by atoms with Crippen LogP contribution in [0, 0.1) is 0 Å². The SMILES string of the molecule is C[C@@H](C(=O)NC1CC1)n1c2ccccc2c2cnn(C)c(=O)c21. The summed E-state index contributed by atoms with van der Waals surface area (Å²) in [6.07, 6.45) is 3.77. The molecule has 1 fully saturated rings. The predicted molar refractivity (Wildman–Crippen MR) is 88.4 cm³/mol. The fourth-order valence-electron chi connectivity index (χ4n) is 3.06. The maximum absolute atomic E-state index is 12.6. The Labute approximate surface area is 132 Å². The molecule has 23 heavy (non-hydrogen) atoms. The molecule has 1 saturated carbocycles. The molecule has 118 valence electrons. The summed E-state index contributed by atoms with van der Waals surface area (Å²) < 4.78 is 3.15. The Morgan fingerprint density at radius 3 is 2.78 bits per heavy atom. The van der Waals surface area contributed by atoms with Gasteiger partial charge in [0.15, 0.2) is 0 Å². The number of aromatic nitrogens is 3. The second kappa shape index (κ2) is 4.94. The summed E-state index contributed by atoms with van der Waals surface area (Å²) in [5.74, 6) is -0.0472. The molecule has 0 bridgehead atoms. The van der Waals surface area contributed by atoms with Gasteiger partial charge in [0.25, 0.3) is 5.56 Å². The number of hydrogen-bond donors (Lipinski definition) is 1. The van der Waals surface area contributed by atoms with Crippen molar-refractivity contribution in [2.75, 3.05) is 0 Å². The first kappa shape index (κ1) is 14.0. The predicted octanol–water partition coefficient (Wildman–Crippen LogP) is 1.73. The van der Waals surface area contributed by atoms with Gasteiger partial charge in [0.05, 0.1) is 11.7 Å². The number of carbonyl (C=O) groups is 1. The van der Waals surface area contributed by atoms with E-state index in [-0.39, 0.29) is 11.5 Å². The second-order valence-corrected chi connectivity index (χ2v) is 6.18. The third-order valence-corrected chi connectivity index (χ3v) is 4.50. The van der Waals surface area contributed by atoms with E-state index in [4.69, 9.17) is 0 Å². The number of fused-ring (bicyclic) bond motifs is 3. The van der Waals surface area contributed by atoms with Crippen LogP contribution in [0.1, 0.15) is 25.8 Å². The van der Waals surface area contributed by atoms with Crippen LogP contribution in [0.15, 0.2) is 35.3 Å². The molecule has 4 rings (SSSR count). The molecular formula is C17H18N4O2. The van der Waals surface area contributed by atoms with Gasteiger partial charge >= 0.3 is 0 Å². The van der Waals surface area contributed by atoms with Gasteiger partial charge < -0.3 is 9.88 Å². The van der Waals surface area contributed by atoms with E-state index in [1.165, 1.54) is 4.68 Å². The largest absolute Gasteiger partial charge is 0.352 e. The van der Waals surface area contributed by atoms with Crippen LogP contribution in [-0.4, -0.2) is 26.3 Å². The van der Waals surface area contributed by atoms with Crippen molar-refractivity contribution in [3.8, 4) is 0 Å². The number of nitrogens with one attached hydrogen (secondary N) is 1. The molecule has 0 radical (unpaired) electrons. The van der Waals surface area contributed by atoms with Gasteiger partial charge in [-0.15, -0.1) is 0 Å². The standard InChI is InChI=1S/C17H18N4O2/c1-10(16(22)19-11-7-8-11)21-14-6-4-3-5-12(14)13-9-18-20(2)17(23)15(13)21/h3-6,9-11H,7-8H2,1-2H3,(H,19,22)/t10-/m0/s1. The number of carbonyl (C=O) groups excluding carboxylic acids is 1. The van der Waals surface area contributed by atoms with Crippen molar-refractivity contribution in [3.63, 3.8) is 0 Å². The molecule has 1 amide bonds. The average molecular weight is 310 g/mol. The van der Waals surface area contributed by atoms with Crippen LogP contribution in [0.2, 0.25) is 0 Å². The first-order valence-electron chi connectivity index (χ1n) is 7.83. The molecule has 0 saturated heterocycles. The molecular weight excluding hydrogens is 292 g/mol. The molecule has 6 heteroatoms.